The van der Waals surface area contributed by atoms with Gasteiger partial charge in [0.05, 0.1) is 11.1 Å². The lowest BCUT2D eigenvalue weighted by atomic mass is 10.0. The van der Waals surface area contributed by atoms with Gasteiger partial charge in [0.15, 0.2) is 0 Å². The Morgan fingerprint density at radius 1 is 1.22 bits per heavy atom. The van der Waals surface area contributed by atoms with Crippen molar-refractivity contribution in [3.8, 4) is 0 Å². The molecule has 0 radical (unpaired) electrons. The number of hydrogen-bond acceptors (Lipinski definition) is 1. The molecule has 0 aliphatic carbocycles. The second-order valence-electron chi connectivity index (χ2n) is 4.02. The average molecular weight is 377 g/mol. The second kappa shape index (κ2) is 5.99. The molecule has 18 heavy (non-hydrogen) atoms. The molecule has 0 aliphatic heterocycles. The largest absolute Gasteiger partial charge is 0.388 e. The van der Waals surface area contributed by atoms with Crippen LogP contribution in [0.15, 0.2) is 42.5 Å². The van der Waals surface area contributed by atoms with Crippen LogP contribution in [0.25, 0.3) is 0 Å². The summed E-state index contributed by atoms with van der Waals surface area (Å²) < 4.78 is 14.0. The Morgan fingerprint density at radius 3 is 2.67 bits per heavy atom. The predicted molar refractivity (Wildman–Crippen MR) is 79.2 cm³/mol. The number of benzene rings is 2. The molecule has 4 heteroatoms. The van der Waals surface area contributed by atoms with Crippen molar-refractivity contribution in [3.63, 3.8) is 0 Å². The Hall–Kier alpha value is -0.650. The Bertz CT molecular complexity index is 559. The van der Waals surface area contributed by atoms with E-state index in [0.717, 1.165) is 14.7 Å². The predicted octanol–water partition coefficient (Wildman–Crippen LogP) is 4.36. The molecule has 0 amide bonds. The number of rotatable bonds is 3. The van der Waals surface area contributed by atoms with E-state index in [2.05, 4.69) is 22.6 Å². The minimum atomic E-state index is -0.679. The molecule has 0 aromatic heterocycles. The fourth-order valence-electron chi connectivity index (χ4n) is 1.72. The first-order chi connectivity index (χ1) is 8.56. The summed E-state index contributed by atoms with van der Waals surface area (Å²) in [7, 11) is 0. The van der Waals surface area contributed by atoms with Crippen LogP contribution in [0, 0.1) is 9.39 Å². The highest BCUT2D eigenvalue weighted by Crippen LogP contribution is 2.25. The summed E-state index contributed by atoms with van der Waals surface area (Å²) in [4.78, 5) is 0. The lowest BCUT2D eigenvalue weighted by Gasteiger charge is -2.12. The summed E-state index contributed by atoms with van der Waals surface area (Å²) in [5.41, 5.74) is 1.50. The van der Waals surface area contributed by atoms with Crippen LogP contribution < -0.4 is 0 Å². The fourth-order valence-corrected chi connectivity index (χ4v) is 2.25. The van der Waals surface area contributed by atoms with Gasteiger partial charge in [0.25, 0.3) is 0 Å². The van der Waals surface area contributed by atoms with Gasteiger partial charge in [-0.15, -0.1) is 0 Å². The summed E-state index contributed by atoms with van der Waals surface area (Å²) in [6.07, 6.45) is -0.310. The van der Waals surface area contributed by atoms with Crippen molar-refractivity contribution in [1.29, 1.82) is 0 Å². The van der Waals surface area contributed by atoms with Gasteiger partial charge in [-0.25, -0.2) is 4.39 Å². The Balaban J connectivity index is 2.16. The highest BCUT2D eigenvalue weighted by atomic mass is 127. The minimum Gasteiger partial charge on any atom is -0.388 e. The zero-order valence-corrected chi connectivity index (χ0v) is 12.3. The van der Waals surface area contributed by atoms with Gasteiger partial charge in [0.1, 0.15) is 5.82 Å². The topological polar surface area (TPSA) is 20.2 Å². The van der Waals surface area contributed by atoms with Crippen LogP contribution >= 0.6 is 34.2 Å². The van der Waals surface area contributed by atoms with Gasteiger partial charge < -0.3 is 5.11 Å². The standard InChI is InChI=1S/C14H11ClFIO/c15-12-8-10(4-5-13(12)17)14(18)7-9-2-1-3-11(16)6-9/h1-6,8,14,18H,7H2. The van der Waals surface area contributed by atoms with Gasteiger partial charge in [-0.05, 0) is 58.0 Å². The van der Waals surface area contributed by atoms with Crippen LogP contribution in [0.5, 0.6) is 0 Å². The summed E-state index contributed by atoms with van der Waals surface area (Å²) in [6.45, 7) is 0. The van der Waals surface area contributed by atoms with Crippen LogP contribution in [0.2, 0.25) is 5.02 Å². The maximum Gasteiger partial charge on any atom is 0.123 e. The second-order valence-corrected chi connectivity index (χ2v) is 5.59. The van der Waals surface area contributed by atoms with Crippen molar-refractivity contribution in [3.05, 3.63) is 68.0 Å². The highest BCUT2D eigenvalue weighted by Gasteiger charge is 2.10. The molecule has 0 spiro atoms. The summed E-state index contributed by atoms with van der Waals surface area (Å²) in [5.74, 6) is -0.291. The van der Waals surface area contributed by atoms with E-state index >= 15 is 0 Å². The van der Waals surface area contributed by atoms with E-state index in [9.17, 15) is 9.50 Å². The van der Waals surface area contributed by atoms with E-state index in [-0.39, 0.29) is 5.82 Å². The lowest BCUT2D eigenvalue weighted by molar-refractivity contribution is 0.178. The molecule has 1 unspecified atom stereocenters. The van der Waals surface area contributed by atoms with Crippen molar-refractivity contribution in [2.24, 2.45) is 0 Å². The fraction of sp³-hybridized carbons (Fsp3) is 0.143. The molecule has 2 rings (SSSR count). The molecule has 1 N–H and O–H groups in total. The van der Waals surface area contributed by atoms with Crippen molar-refractivity contribution in [2.75, 3.05) is 0 Å². The van der Waals surface area contributed by atoms with Crippen LogP contribution in [0.3, 0.4) is 0 Å². The number of aliphatic hydroxyl groups is 1. The Labute approximate surface area is 124 Å². The van der Waals surface area contributed by atoms with Crippen LogP contribution in [-0.4, -0.2) is 5.11 Å². The van der Waals surface area contributed by atoms with Gasteiger partial charge >= 0.3 is 0 Å². The zero-order valence-electron chi connectivity index (χ0n) is 9.41. The Kier molecular flexibility index (Phi) is 4.59. The molecule has 1 atom stereocenters. The van der Waals surface area contributed by atoms with E-state index < -0.39 is 6.10 Å². The molecule has 2 aromatic carbocycles. The molecular formula is C14H11ClFIO. The molecular weight excluding hydrogens is 366 g/mol. The van der Waals surface area contributed by atoms with E-state index in [4.69, 9.17) is 11.6 Å². The van der Waals surface area contributed by atoms with Gasteiger partial charge in [-0.3, -0.25) is 0 Å². The van der Waals surface area contributed by atoms with Gasteiger partial charge in [-0.1, -0.05) is 29.8 Å². The molecule has 0 bridgehead atoms. The SMILES string of the molecule is OC(Cc1cccc(F)c1)c1ccc(I)c(Cl)c1. The molecule has 0 fully saturated rings. The molecule has 0 saturated carbocycles. The average Bonchev–Trinajstić information content (AvgIpc) is 2.32. The third-order valence-corrected chi connectivity index (χ3v) is 4.22. The number of aliphatic hydroxyl groups excluding tert-OH is 1. The number of halogens is 3. The lowest BCUT2D eigenvalue weighted by Crippen LogP contribution is -2.02. The third kappa shape index (κ3) is 3.43. The van der Waals surface area contributed by atoms with E-state index in [0.29, 0.717) is 11.4 Å². The van der Waals surface area contributed by atoms with Gasteiger partial charge in [0, 0.05) is 9.99 Å². The number of hydrogen-bond donors (Lipinski definition) is 1. The minimum absolute atomic E-state index is 0.291. The first-order valence-electron chi connectivity index (χ1n) is 5.44. The maximum atomic E-state index is 13.0. The molecule has 94 valence electrons. The van der Waals surface area contributed by atoms with E-state index in [1.807, 2.05) is 12.1 Å². The first-order valence-corrected chi connectivity index (χ1v) is 6.89. The molecule has 0 saturated heterocycles. The molecule has 1 nitrogen and oxygen atoms in total. The van der Waals surface area contributed by atoms with Crippen molar-refractivity contribution in [2.45, 2.75) is 12.5 Å². The van der Waals surface area contributed by atoms with E-state index in [1.54, 1.807) is 18.2 Å². The summed E-state index contributed by atoms with van der Waals surface area (Å²) >= 11 is 8.14. The maximum absolute atomic E-state index is 13.0. The first kappa shape index (κ1) is 13.8. The monoisotopic (exact) mass is 376 g/mol. The van der Waals surface area contributed by atoms with Crippen molar-refractivity contribution in [1.82, 2.24) is 0 Å². The molecule has 0 heterocycles. The normalized spacial score (nSPS) is 12.4. The quantitative estimate of drug-likeness (QED) is 0.789. The molecule has 0 aliphatic rings. The Morgan fingerprint density at radius 2 is 2.00 bits per heavy atom. The zero-order chi connectivity index (χ0) is 13.1. The van der Waals surface area contributed by atoms with Gasteiger partial charge in [-0.2, -0.15) is 0 Å². The van der Waals surface area contributed by atoms with Crippen LogP contribution in [-0.2, 0) is 6.42 Å². The summed E-state index contributed by atoms with van der Waals surface area (Å²) in [5, 5.41) is 10.7. The van der Waals surface area contributed by atoms with Gasteiger partial charge in [0.2, 0.25) is 0 Å². The third-order valence-electron chi connectivity index (χ3n) is 2.65. The highest BCUT2D eigenvalue weighted by molar-refractivity contribution is 14.1. The smallest absolute Gasteiger partial charge is 0.123 e. The van der Waals surface area contributed by atoms with E-state index in [1.165, 1.54) is 12.1 Å². The van der Waals surface area contributed by atoms with Crippen LogP contribution in [0.1, 0.15) is 17.2 Å². The van der Waals surface area contributed by atoms with Crippen LogP contribution in [0.4, 0.5) is 4.39 Å². The van der Waals surface area contributed by atoms with Crippen molar-refractivity contribution >= 4 is 34.2 Å². The summed E-state index contributed by atoms with van der Waals surface area (Å²) in [6, 6.07) is 11.7. The van der Waals surface area contributed by atoms with Crippen molar-refractivity contribution < 1.29 is 9.50 Å². The molecule has 2 aromatic rings.